The number of carbonyl (C=O) groups is 1. The highest BCUT2D eigenvalue weighted by Crippen LogP contribution is 2.38. The number of ether oxygens (including phenoxy) is 1. The van der Waals surface area contributed by atoms with E-state index >= 15 is 0 Å². The summed E-state index contributed by atoms with van der Waals surface area (Å²) in [5.74, 6) is 0. The van der Waals surface area contributed by atoms with E-state index in [4.69, 9.17) is 4.74 Å². The number of aliphatic hydroxyl groups excluding tert-OH is 2. The second-order valence-corrected chi connectivity index (χ2v) is 6.24. The molecule has 1 heterocycles. The van der Waals surface area contributed by atoms with Crippen molar-refractivity contribution in [3.05, 3.63) is 0 Å². The van der Waals surface area contributed by atoms with Gasteiger partial charge < -0.3 is 19.8 Å². The average molecular weight is 259 g/mol. The van der Waals surface area contributed by atoms with E-state index in [9.17, 15) is 15.0 Å². The third-order valence-corrected chi connectivity index (χ3v) is 3.65. The van der Waals surface area contributed by atoms with Crippen molar-refractivity contribution in [3.63, 3.8) is 0 Å². The van der Waals surface area contributed by atoms with E-state index in [1.165, 1.54) is 0 Å². The van der Waals surface area contributed by atoms with E-state index in [1.807, 2.05) is 20.8 Å². The quantitative estimate of drug-likeness (QED) is 0.786. The van der Waals surface area contributed by atoms with E-state index in [0.29, 0.717) is 19.5 Å². The van der Waals surface area contributed by atoms with Gasteiger partial charge in [-0.25, -0.2) is 4.79 Å². The van der Waals surface area contributed by atoms with E-state index < -0.39 is 23.2 Å². The Balaban J connectivity index is 2.73. The van der Waals surface area contributed by atoms with Gasteiger partial charge >= 0.3 is 6.09 Å². The fraction of sp³-hybridized carbons (Fsp3) is 0.923. The molecule has 5 heteroatoms. The minimum Gasteiger partial charge on any atom is -0.444 e. The van der Waals surface area contributed by atoms with Gasteiger partial charge in [-0.3, -0.25) is 0 Å². The first kappa shape index (κ1) is 15.2. The standard InChI is InChI=1S/C13H25NO4/c1-9(15)13(10(2)16)6-7-14(8-13)11(17)18-12(3,4)5/h9-10,15-16H,6-8H2,1-5H3. The first-order chi connectivity index (χ1) is 8.08. The van der Waals surface area contributed by atoms with Crippen LogP contribution in [0, 0.1) is 5.41 Å². The number of aliphatic hydroxyl groups is 2. The van der Waals surface area contributed by atoms with Gasteiger partial charge in [-0.15, -0.1) is 0 Å². The monoisotopic (exact) mass is 259 g/mol. The third-order valence-electron chi connectivity index (χ3n) is 3.65. The Morgan fingerprint density at radius 1 is 1.28 bits per heavy atom. The zero-order valence-corrected chi connectivity index (χ0v) is 11.9. The minimum atomic E-state index is -0.662. The van der Waals surface area contributed by atoms with E-state index in [-0.39, 0.29) is 6.09 Å². The lowest BCUT2D eigenvalue weighted by Gasteiger charge is -2.35. The molecule has 1 amide bonds. The highest BCUT2D eigenvalue weighted by molar-refractivity contribution is 5.68. The van der Waals surface area contributed by atoms with Crippen molar-refractivity contribution in [1.82, 2.24) is 4.90 Å². The van der Waals surface area contributed by atoms with E-state index in [2.05, 4.69) is 0 Å². The van der Waals surface area contributed by atoms with Crippen LogP contribution in [-0.4, -0.2) is 52.1 Å². The third kappa shape index (κ3) is 3.14. The first-order valence-corrected chi connectivity index (χ1v) is 6.42. The zero-order valence-electron chi connectivity index (χ0n) is 11.9. The molecule has 0 aromatic heterocycles. The van der Waals surface area contributed by atoms with Crippen LogP contribution in [0.5, 0.6) is 0 Å². The Labute approximate surface area is 109 Å². The van der Waals surface area contributed by atoms with E-state index in [1.54, 1.807) is 18.7 Å². The molecular formula is C13H25NO4. The van der Waals surface area contributed by atoms with Crippen LogP contribution in [-0.2, 0) is 4.74 Å². The summed E-state index contributed by atoms with van der Waals surface area (Å²) in [5, 5.41) is 19.7. The lowest BCUT2D eigenvalue weighted by atomic mass is 9.77. The second-order valence-electron chi connectivity index (χ2n) is 6.24. The van der Waals surface area contributed by atoms with Gasteiger partial charge in [0.1, 0.15) is 5.60 Å². The molecule has 2 atom stereocenters. The topological polar surface area (TPSA) is 70.0 Å². The maximum absolute atomic E-state index is 11.9. The zero-order chi connectivity index (χ0) is 14.1. The Morgan fingerprint density at radius 3 is 2.11 bits per heavy atom. The van der Waals surface area contributed by atoms with Gasteiger partial charge in [-0.1, -0.05) is 0 Å². The van der Waals surface area contributed by atoms with Crippen LogP contribution in [0.2, 0.25) is 0 Å². The SMILES string of the molecule is CC(O)C1(C(C)O)CCN(C(=O)OC(C)(C)C)C1. The highest BCUT2D eigenvalue weighted by Gasteiger charge is 2.47. The number of likely N-dealkylation sites (tertiary alicyclic amines) is 1. The summed E-state index contributed by atoms with van der Waals surface area (Å²) in [7, 11) is 0. The van der Waals surface area contributed by atoms with Gasteiger partial charge in [-0.2, -0.15) is 0 Å². The maximum Gasteiger partial charge on any atom is 0.410 e. The van der Waals surface area contributed by atoms with E-state index in [0.717, 1.165) is 0 Å². The normalized spacial score (nSPS) is 28.1. The van der Waals surface area contributed by atoms with Crippen LogP contribution in [0.15, 0.2) is 0 Å². The molecule has 5 nitrogen and oxygen atoms in total. The molecule has 18 heavy (non-hydrogen) atoms. The highest BCUT2D eigenvalue weighted by atomic mass is 16.6. The molecule has 1 fully saturated rings. The largest absolute Gasteiger partial charge is 0.444 e. The number of hydrogen-bond donors (Lipinski definition) is 2. The van der Waals surface area contributed by atoms with Crippen LogP contribution in [0.25, 0.3) is 0 Å². The van der Waals surface area contributed by atoms with Crippen LogP contribution in [0.1, 0.15) is 41.0 Å². The van der Waals surface area contributed by atoms with Gasteiger partial charge in [0.25, 0.3) is 0 Å². The summed E-state index contributed by atoms with van der Waals surface area (Å²) >= 11 is 0. The van der Waals surface area contributed by atoms with Crippen molar-refractivity contribution >= 4 is 6.09 Å². The Kier molecular flexibility index (Phi) is 4.28. The molecule has 0 bridgehead atoms. The van der Waals surface area contributed by atoms with Crippen LogP contribution in [0.4, 0.5) is 4.79 Å². The summed E-state index contributed by atoms with van der Waals surface area (Å²) in [6.45, 7) is 9.60. The Morgan fingerprint density at radius 2 is 1.78 bits per heavy atom. The van der Waals surface area contributed by atoms with Crippen LogP contribution < -0.4 is 0 Å². The average Bonchev–Trinajstić information content (AvgIpc) is 2.59. The molecule has 0 radical (unpaired) electrons. The smallest absolute Gasteiger partial charge is 0.410 e. The molecule has 0 spiro atoms. The first-order valence-electron chi connectivity index (χ1n) is 6.42. The van der Waals surface area contributed by atoms with Gasteiger partial charge in [0.2, 0.25) is 0 Å². The predicted octanol–water partition coefficient (Wildman–Crippen LogP) is 1.38. The molecule has 1 aliphatic rings. The number of nitrogens with zero attached hydrogens (tertiary/aromatic N) is 1. The van der Waals surface area contributed by atoms with Gasteiger partial charge in [0.05, 0.1) is 12.2 Å². The summed E-state index contributed by atoms with van der Waals surface area (Å²) in [6, 6.07) is 0. The molecule has 106 valence electrons. The summed E-state index contributed by atoms with van der Waals surface area (Å²) in [6.07, 6.45) is -1.12. The molecule has 2 unspecified atom stereocenters. The molecular weight excluding hydrogens is 234 g/mol. The molecule has 2 N–H and O–H groups in total. The van der Waals surface area contributed by atoms with Crippen molar-refractivity contribution < 1.29 is 19.7 Å². The lowest BCUT2D eigenvalue weighted by Crippen LogP contribution is -2.46. The lowest BCUT2D eigenvalue weighted by molar-refractivity contribution is -0.0479. The number of hydrogen-bond acceptors (Lipinski definition) is 4. The molecule has 1 aliphatic heterocycles. The molecule has 1 rings (SSSR count). The van der Waals surface area contributed by atoms with Crippen LogP contribution >= 0.6 is 0 Å². The maximum atomic E-state index is 11.9. The Bertz CT molecular complexity index is 299. The predicted molar refractivity (Wildman–Crippen MR) is 68.2 cm³/mol. The molecule has 0 aromatic carbocycles. The summed E-state index contributed by atoms with van der Waals surface area (Å²) < 4.78 is 5.30. The van der Waals surface area contributed by atoms with Crippen molar-refractivity contribution in [3.8, 4) is 0 Å². The van der Waals surface area contributed by atoms with Crippen molar-refractivity contribution in [2.75, 3.05) is 13.1 Å². The summed E-state index contributed by atoms with van der Waals surface area (Å²) in [4.78, 5) is 13.5. The number of carbonyl (C=O) groups excluding carboxylic acids is 1. The minimum absolute atomic E-state index is 0.331. The van der Waals surface area contributed by atoms with Gasteiger partial charge in [0, 0.05) is 18.5 Å². The number of rotatable bonds is 2. The van der Waals surface area contributed by atoms with Crippen LogP contribution in [0.3, 0.4) is 0 Å². The van der Waals surface area contributed by atoms with Gasteiger partial charge in [0.15, 0.2) is 0 Å². The van der Waals surface area contributed by atoms with Crippen molar-refractivity contribution in [2.24, 2.45) is 5.41 Å². The fourth-order valence-electron chi connectivity index (χ4n) is 2.37. The molecule has 0 aliphatic carbocycles. The van der Waals surface area contributed by atoms with Crippen molar-refractivity contribution in [2.45, 2.75) is 58.8 Å². The van der Waals surface area contributed by atoms with Crippen molar-refractivity contribution in [1.29, 1.82) is 0 Å². The molecule has 0 aromatic rings. The molecule has 0 saturated carbocycles. The number of amides is 1. The Hall–Kier alpha value is -0.810. The fourth-order valence-corrected chi connectivity index (χ4v) is 2.37. The van der Waals surface area contributed by atoms with Gasteiger partial charge in [-0.05, 0) is 41.0 Å². The second kappa shape index (κ2) is 5.05. The molecule has 1 saturated heterocycles. The summed E-state index contributed by atoms with van der Waals surface area (Å²) in [5.41, 5.74) is -1.17.